The van der Waals surface area contributed by atoms with E-state index in [-0.39, 0.29) is 12.1 Å². The number of pyridine rings is 1. The Labute approximate surface area is 126 Å². The molecule has 4 N–H and O–H groups in total. The highest BCUT2D eigenvalue weighted by atomic mass is 16.2. The third-order valence-electron chi connectivity index (χ3n) is 2.76. The van der Waals surface area contributed by atoms with Gasteiger partial charge in [-0.15, -0.1) is 0 Å². The third kappa shape index (κ3) is 4.14. The Kier molecular flexibility index (Phi) is 4.81. The number of amides is 3. The number of hydrogen-bond acceptors (Lipinski definition) is 5. The van der Waals surface area contributed by atoms with E-state index in [1.165, 1.54) is 24.3 Å². The first kappa shape index (κ1) is 15.2. The number of nitrogen functional groups attached to an aromatic ring is 1. The van der Waals surface area contributed by atoms with Gasteiger partial charge in [0.1, 0.15) is 0 Å². The Morgan fingerprint density at radius 2 is 1.73 bits per heavy atom. The molecule has 0 aliphatic heterocycles. The molecule has 7 heteroatoms. The molecule has 0 saturated heterocycles. The predicted octanol–water partition coefficient (Wildman–Crippen LogP) is 0.237. The minimum absolute atomic E-state index is 0.100. The van der Waals surface area contributed by atoms with Gasteiger partial charge in [0.25, 0.3) is 5.91 Å². The zero-order valence-corrected chi connectivity index (χ0v) is 11.6. The Morgan fingerprint density at radius 1 is 1.00 bits per heavy atom. The average Bonchev–Trinajstić information content (AvgIpc) is 2.54. The molecule has 0 bridgehead atoms. The maximum atomic E-state index is 11.8. The maximum absolute atomic E-state index is 11.8. The molecular formula is C15H14N4O3. The van der Waals surface area contributed by atoms with Crippen molar-refractivity contribution in [3.8, 4) is 0 Å². The highest BCUT2D eigenvalue weighted by molar-refractivity contribution is 6.38. The summed E-state index contributed by atoms with van der Waals surface area (Å²) in [5.41, 5.74) is 6.84. The minimum atomic E-state index is -1.03. The van der Waals surface area contributed by atoms with Crippen LogP contribution >= 0.6 is 0 Å². The quantitative estimate of drug-likeness (QED) is 0.554. The SMILES string of the molecule is Nc1ccc(C(=O)NC(=O)C(=O)NCc2ccccn2)cc1. The van der Waals surface area contributed by atoms with Crippen molar-refractivity contribution in [2.45, 2.75) is 6.54 Å². The van der Waals surface area contributed by atoms with Crippen molar-refractivity contribution in [3.63, 3.8) is 0 Å². The first-order valence-corrected chi connectivity index (χ1v) is 6.45. The first-order valence-electron chi connectivity index (χ1n) is 6.45. The molecule has 0 radical (unpaired) electrons. The van der Waals surface area contributed by atoms with Gasteiger partial charge < -0.3 is 11.1 Å². The summed E-state index contributed by atoms with van der Waals surface area (Å²) in [4.78, 5) is 39.0. The van der Waals surface area contributed by atoms with Gasteiger partial charge in [0.2, 0.25) is 0 Å². The van der Waals surface area contributed by atoms with E-state index in [2.05, 4.69) is 10.3 Å². The van der Waals surface area contributed by atoms with Crippen LogP contribution in [0.4, 0.5) is 5.69 Å². The highest BCUT2D eigenvalue weighted by Crippen LogP contribution is 2.04. The van der Waals surface area contributed by atoms with Crippen LogP contribution in [-0.4, -0.2) is 22.7 Å². The largest absolute Gasteiger partial charge is 0.399 e. The van der Waals surface area contributed by atoms with Crippen LogP contribution in [-0.2, 0) is 16.1 Å². The number of carbonyl (C=O) groups excluding carboxylic acids is 3. The molecule has 0 aliphatic rings. The minimum Gasteiger partial charge on any atom is -0.399 e. The number of anilines is 1. The van der Waals surface area contributed by atoms with Gasteiger partial charge in [0.15, 0.2) is 0 Å². The van der Waals surface area contributed by atoms with Gasteiger partial charge in [0.05, 0.1) is 12.2 Å². The summed E-state index contributed by atoms with van der Waals surface area (Å²) in [6.45, 7) is 0.100. The normalized spacial score (nSPS) is 9.82. The summed E-state index contributed by atoms with van der Waals surface area (Å²) < 4.78 is 0. The second-order valence-electron chi connectivity index (χ2n) is 4.41. The maximum Gasteiger partial charge on any atom is 0.316 e. The lowest BCUT2D eigenvalue weighted by Crippen LogP contribution is -2.42. The lowest BCUT2D eigenvalue weighted by molar-refractivity contribution is -0.138. The van der Waals surface area contributed by atoms with Crippen molar-refractivity contribution in [1.29, 1.82) is 0 Å². The third-order valence-corrected chi connectivity index (χ3v) is 2.76. The highest BCUT2D eigenvalue weighted by Gasteiger charge is 2.17. The number of rotatable bonds is 3. The van der Waals surface area contributed by atoms with Gasteiger partial charge >= 0.3 is 11.8 Å². The van der Waals surface area contributed by atoms with Gasteiger partial charge in [-0.25, -0.2) is 0 Å². The van der Waals surface area contributed by atoms with E-state index in [9.17, 15) is 14.4 Å². The van der Waals surface area contributed by atoms with Gasteiger partial charge in [0, 0.05) is 17.4 Å². The number of benzene rings is 1. The Balaban J connectivity index is 1.87. The van der Waals surface area contributed by atoms with Crippen LogP contribution in [0.5, 0.6) is 0 Å². The molecule has 0 aliphatic carbocycles. The number of nitrogens with two attached hydrogens (primary N) is 1. The molecule has 1 aromatic carbocycles. The Morgan fingerprint density at radius 3 is 2.36 bits per heavy atom. The summed E-state index contributed by atoms with van der Waals surface area (Å²) >= 11 is 0. The molecule has 1 aromatic heterocycles. The van der Waals surface area contributed by atoms with Crippen LogP contribution < -0.4 is 16.4 Å². The fraction of sp³-hybridized carbons (Fsp3) is 0.0667. The molecule has 2 rings (SSSR count). The van der Waals surface area contributed by atoms with Gasteiger partial charge in [-0.2, -0.15) is 0 Å². The van der Waals surface area contributed by atoms with E-state index in [4.69, 9.17) is 5.73 Å². The number of hydrogen-bond donors (Lipinski definition) is 3. The van der Waals surface area contributed by atoms with Crippen molar-refractivity contribution < 1.29 is 14.4 Å². The number of nitrogens with one attached hydrogen (secondary N) is 2. The van der Waals surface area contributed by atoms with Gasteiger partial charge in [-0.3, -0.25) is 24.7 Å². The number of aromatic nitrogens is 1. The molecule has 7 nitrogen and oxygen atoms in total. The monoisotopic (exact) mass is 298 g/mol. The molecule has 0 saturated carbocycles. The molecule has 112 valence electrons. The smallest absolute Gasteiger partial charge is 0.316 e. The molecule has 1 heterocycles. The van der Waals surface area contributed by atoms with Crippen LogP contribution in [0.15, 0.2) is 48.7 Å². The Bertz CT molecular complexity index is 684. The molecule has 2 aromatic rings. The second-order valence-corrected chi connectivity index (χ2v) is 4.41. The van der Waals surface area contributed by atoms with Crippen LogP contribution in [0.25, 0.3) is 0 Å². The lowest BCUT2D eigenvalue weighted by Gasteiger charge is -2.05. The zero-order valence-electron chi connectivity index (χ0n) is 11.6. The van der Waals surface area contributed by atoms with Crippen molar-refractivity contribution in [1.82, 2.24) is 15.6 Å². The molecular weight excluding hydrogens is 284 g/mol. The first-order chi connectivity index (χ1) is 10.6. The fourth-order valence-electron chi connectivity index (χ4n) is 1.62. The predicted molar refractivity (Wildman–Crippen MR) is 79.4 cm³/mol. The van der Waals surface area contributed by atoms with E-state index in [1.54, 1.807) is 24.4 Å². The number of nitrogens with zero attached hydrogens (tertiary/aromatic N) is 1. The number of carbonyl (C=O) groups is 3. The van der Waals surface area contributed by atoms with Crippen LogP contribution in [0, 0.1) is 0 Å². The van der Waals surface area contributed by atoms with E-state index < -0.39 is 17.7 Å². The van der Waals surface area contributed by atoms with Gasteiger partial charge in [-0.1, -0.05) is 6.07 Å². The van der Waals surface area contributed by atoms with E-state index in [1.807, 2.05) is 5.32 Å². The fourth-order valence-corrected chi connectivity index (χ4v) is 1.62. The van der Waals surface area contributed by atoms with Crippen LogP contribution in [0.3, 0.4) is 0 Å². The summed E-state index contributed by atoms with van der Waals surface area (Å²) in [6, 6.07) is 11.2. The number of imide groups is 1. The molecule has 0 atom stereocenters. The van der Waals surface area contributed by atoms with E-state index in [0.717, 1.165) is 0 Å². The van der Waals surface area contributed by atoms with E-state index in [0.29, 0.717) is 11.4 Å². The molecule has 0 fully saturated rings. The zero-order chi connectivity index (χ0) is 15.9. The molecule has 22 heavy (non-hydrogen) atoms. The van der Waals surface area contributed by atoms with Crippen molar-refractivity contribution in [2.24, 2.45) is 0 Å². The van der Waals surface area contributed by atoms with Crippen molar-refractivity contribution in [2.75, 3.05) is 5.73 Å². The van der Waals surface area contributed by atoms with Crippen molar-refractivity contribution >= 4 is 23.4 Å². The van der Waals surface area contributed by atoms with Gasteiger partial charge in [-0.05, 0) is 36.4 Å². The Hall–Kier alpha value is -3.22. The average molecular weight is 298 g/mol. The van der Waals surface area contributed by atoms with Crippen molar-refractivity contribution in [3.05, 3.63) is 59.9 Å². The van der Waals surface area contributed by atoms with Crippen LogP contribution in [0.2, 0.25) is 0 Å². The topological polar surface area (TPSA) is 114 Å². The molecule has 0 unspecified atom stereocenters. The summed E-state index contributed by atoms with van der Waals surface area (Å²) in [7, 11) is 0. The standard InChI is InChI=1S/C15H14N4O3/c16-11-6-4-10(5-7-11)13(20)19-15(22)14(21)18-9-12-3-1-2-8-17-12/h1-8H,9,16H2,(H,18,21)(H,19,20,22). The van der Waals surface area contributed by atoms with Crippen LogP contribution in [0.1, 0.15) is 16.1 Å². The second kappa shape index (κ2) is 6.98. The summed E-state index contributed by atoms with van der Waals surface area (Å²) in [5, 5.41) is 4.38. The molecule has 3 amide bonds. The van der Waals surface area contributed by atoms with E-state index >= 15 is 0 Å². The lowest BCUT2D eigenvalue weighted by atomic mass is 10.2. The molecule has 0 spiro atoms. The summed E-state index contributed by atoms with van der Waals surface area (Å²) in [6.07, 6.45) is 1.58. The summed E-state index contributed by atoms with van der Waals surface area (Å²) in [5.74, 6) is -2.61.